The molecule has 0 fully saturated rings. The van der Waals surface area contributed by atoms with Crippen LogP contribution in [0.1, 0.15) is 72.5 Å². The highest BCUT2D eigenvalue weighted by molar-refractivity contribution is 4.55. The van der Waals surface area contributed by atoms with E-state index >= 15 is 0 Å². The van der Waals surface area contributed by atoms with Crippen molar-refractivity contribution in [1.29, 1.82) is 0 Å². The molecule has 3 heteroatoms. The molecule has 0 aliphatic rings. The van der Waals surface area contributed by atoms with Gasteiger partial charge in [-0.05, 0) is 19.3 Å². The van der Waals surface area contributed by atoms with Gasteiger partial charge in [-0.2, -0.15) is 0 Å². The van der Waals surface area contributed by atoms with Crippen LogP contribution in [0.4, 0.5) is 0 Å². The molecule has 1 unspecified atom stereocenters. The molecule has 0 aromatic rings. The average molecular weight is 261 g/mol. The lowest BCUT2D eigenvalue weighted by molar-refractivity contribution is -0.0315. The summed E-state index contributed by atoms with van der Waals surface area (Å²) in [5.74, 6) is 0. The van der Waals surface area contributed by atoms with Gasteiger partial charge < -0.3 is 14.6 Å². The summed E-state index contributed by atoms with van der Waals surface area (Å²) in [6, 6.07) is 0. The maximum atomic E-state index is 9.70. The molecule has 0 saturated heterocycles. The molecule has 3 nitrogen and oxygen atoms in total. The fourth-order valence-corrected chi connectivity index (χ4v) is 1.97. The first-order valence-corrected chi connectivity index (χ1v) is 7.41. The Morgan fingerprint density at radius 3 is 2.22 bits per heavy atom. The first kappa shape index (κ1) is 15.9. The van der Waals surface area contributed by atoms with Gasteiger partial charge in [0, 0.05) is 13.7 Å². The van der Waals surface area contributed by atoms with E-state index < -0.39 is 6.08 Å². The highest BCUT2D eigenvalue weighted by Crippen LogP contribution is 2.11. The molecular weight excluding hydrogens is 228 g/mol. The number of unbranched alkanes of at least 4 members (excludes halogenated alkanes) is 6. The van der Waals surface area contributed by atoms with Gasteiger partial charge in [-0.25, -0.2) is 0 Å². The standard InChI is InChI=1S/C15H32O3/c1-3-11-15(16)12-9-7-5-4-6-8-10-13-18-14-17-2/h15-16H,3-14H2,1-2H3/i15D. The second-order valence-corrected chi connectivity index (χ2v) is 4.86. The van der Waals surface area contributed by atoms with Crippen LogP contribution in [0.5, 0.6) is 0 Å². The molecule has 0 spiro atoms. The Morgan fingerprint density at radius 2 is 1.61 bits per heavy atom. The van der Waals surface area contributed by atoms with Gasteiger partial charge in [0.1, 0.15) is 6.79 Å². The van der Waals surface area contributed by atoms with Crippen molar-refractivity contribution >= 4 is 0 Å². The average Bonchev–Trinajstić information content (AvgIpc) is 2.36. The summed E-state index contributed by atoms with van der Waals surface area (Å²) in [6.07, 6.45) is 9.01. The van der Waals surface area contributed by atoms with E-state index in [4.69, 9.17) is 10.8 Å². The molecule has 1 N–H and O–H groups in total. The van der Waals surface area contributed by atoms with E-state index in [-0.39, 0.29) is 0 Å². The zero-order valence-electron chi connectivity index (χ0n) is 13.2. The van der Waals surface area contributed by atoms with Crippen molar-refractivity contribution in [2.24, 2.45) is 0 Å². The number of methoxy groups -OCH3 is 1. The summed E-state index contributed by atoms with van der Waals surface area (Å²) in [4.78, 5) is 0. The minimum absolute atomic E-state index is 0.397. The molecule has 0 saturated carbocycles. The van der Waals surface area contributed by atoms with E-state index in [0.29, 0.717) is 19.6 Å². The van der Waals surface area contributed by atoms with Crippen LogP contribution in [0, 0.1) is 0 Å². The summed E-state index contributed by atoms with van der Waals surface area (Å²) in [6.45, 7) is 3.19. The van der Waals surface area contributed by atoms with Gasteiger partial charge in [0.2, 0.25) is 0 Å². The lowest BCUT2D eigenvalue weighted by Crippen LogP contribution is -2.04. The molecule has 0 amide bonds. The van der Waals surface area contributed by atoms with Gasteiger partial charge >= 0.3 is 0 Å². The predicted molar refractivity (Wildman–Crippen MR) is 75.7 cm³/mol. The maximum Gasteiger partial charge on any atom is 0.146 e. The quantitative estimate of drug-likeness (QED) is 0.381. The van der Waals surface area contributed by atoms with Crippen LogP contribution in [-0.4, -0.2) is 31.7 Å². The molecule has 0 aromatic heterocycles. The second-order valence-electron chi connectivity index (χ2n) is 4.86. The summed E-state index contributed by atoms with van der Waals surface area (Å²) >= 11 is 0. The molecule has 0 aromatic carbocycles. The van der Waals surface area contributed by atoms with Gasteiger partial charge in [0.25, 0.3) is 0 Å². The molecule has 110 valence electrons. The van der Waals surface area contributed by atoms with Crippen LogP contribution < -0.4 is 0 Å². The van der Waals surface area contributed by atoms with E-state index in [1.54, 1.807) is 7.11 Å². The number of aliphatic hydroxyl groups is 1. The summed E-state index contributed by atoms with van der Waals surface area (Å²) < 4.78 is 17.7. The first-order chi connectivity index (χ1) is 9.12. The zero-order valence-corrected chi connectivity index (χ0v) is 12.2. The van der Waals surface area contributed by atoms with Gasteiger partial charge in [-0.15, -0.1) is 0 Å². The third-order valence-corrected chi connectivity index (χ3v) is 2.99. The fraction of sp³-hybridized carbons (Fsp3) is 1.00. The van der Waals surface area contributed by atoms with Gasteiger partial charge in [0.05, 0.1) is 7.45 Å². The van der Waals surface area contributed by atoms with Crippen molar-refractivity contribution < 1.29 is 16.0 Å². The minimum Gasteiger partial charge on any atom is -0.393 e. The fourth-order valence-electron chi connectivity index (χ4n) is 1.97. The number of hydrogen-bond donors (Lipinski definition) is 1. The van der Waals surface area contributed by atoms with Gasteiger partial charge in [0.15, 0.2) is 0 Å². The molecule has 18 heavy (non-hydrogen) atoms. The second kappa shape index (κ2) is 14.9. The van der Waals surface area contributed by atoms with Crippen molar-refractivity contribution in [3.05, 3.63) is 0 Å². The number of hydrogen-bond acceptors (Lipinski definition) is 3. The predicted octanol–water partition coefficient (Wildman–Crippen LogP) is 3.89. The molecule has 0 rings (SSSR count). The van der Waals surface area contributed by atoms with Crippen LogP contribution in [0.15, 0.2) is 0 Å². The van der Waals surface area contributed by atoms with Crippen molar-refractivity contribution in [3.8, 4) is 0 Å². The summed E-state index contributed by atoms with van der Waals surface area (Å²) in [5.41, 5.74) is 0. The van der Waals surface area contributed by atoms with Gasteiger partial charge in [-0.3, -0.25) is 0 Å². The molecule has 0 heterocycles. The lowest BCUT2D eigenvalue weighted by Gasteiger charge is -2.08. The highest BCUT2D eigenvalue weighted by Gasteiger charge is 2.01. The zero-order chi connectivity index (χ0) is 14.4. The molecule has 0 aliphatic carbocycles. The van der Waals surface area contributed by atoms with Crippen molar-refractivity contribution in [3.63, 3.8) is 0 Å². The topological polar surface area (TPSA) is 38.7 Å². The van der Waals surface area contributed by atoms with E-state index in [1.165, 1.54) is 25.7 Å². The van der Waals surface area contributed by atoms with Crippen LogP contribution in [0.2, 0.25) is 0 Å². The van der Waals surface area contributed by atoms with Crippen LogP contribution in [0.3, 0.4) is 0 Å². The smallest absolute Gasteiger partial charge is 0.146 e. The van der Waals surface area contributed by atoms with Crippen LogP contribution >= 0.6 is 0 Å². The van der Waals surface area contributed by atoms with E-state index in [1.807, 2.05) is 6.92 Å². The van der Waals surface area contributed by atoms with Crippen LogP contribution in [0.25, 0.3) is 0 Å². The van der Waals surface area contributed by atoms with Crippen molar-refractivity contribution in [2.75, 3.05) is 20.5 Å². The van der Waals surface area contributed by atoms with Crippen molar-refractivity contribution in [1.82, 2.24) is 0 Å². The third-order valence-electron chi connectivity index (χ3n) is 2.99. The SMILES string of the molecule is [2H]C(O)(CCC)CCCCCCCCCOCOC. The Balaban J connectivity index is 3.14. The molecule has 1 atom stereocenters. The minimum atomic E-state index is -1.19. The Bertz CT molecular complexity index is 186. The summed E-state index contributed by atoms with van der Waals surface area (Å²) in [5, 5.41) is 9.70. The summed E-state index contributed by atoms with van der Waals surface area (Å²) in [7, 11) is 1.64. The van der Waals surface area contributed by atoms with E-state index in [2.05, 4.69) is 0 Å². The van der Waals surface area contributed by atoms with E-state index in [9.17, 15) is 5.11 Å². The monoisotopic (exact) mass is 261 g/mol. The third kappa shape index (κ3) is 13.9. The first-order valence-electron chi connectivity index (χ1n) is 7.91. The number of ether oxygens (including phenoxy) is 2. The normalized spacial score (nSPS) is 15.4. The van der Waals surface area contributed by atoms with Crippen molar-refractivity contribution in [2.45, 2.75) is 77.2 Å². The molecule has 0 bridgehead atoms. The Morgan fingerprint density at radius 1 is 1.00 bits per heavy atom. The largest absolute Gasteiger partial charge is 0.393 e. The van der Waals surface area contributed by atoms with E-state index in [0.717, 1.165) is 32.3 Å². The Hall–Kier alpha value is -0.120. The van der Waals surface area contributed by atoms with Crippen LogP contribution in [-0.2, 0) is 9.47 Å². The Labute approximate surface area is 114 Å². The maximum absolute atomic E-state index is 9.70. The Kier molecular flexibility index (Phi) is 13.2. The van der Waals surface area contributed by atoms with Gasteiger partial charge in [-0.1, -0.05) is 51.9 Å². The highest BCUT2D eigenvalue weighted by atomic mass is 16.7. The molecule has 0 aliphatic heterocycles. The molecule has 0 radical (unpaired) electrons. The lowest BCUT2D eigenvalue weighted by atomic mass is 10.0. The number of rotatable bonds is 14. The molecular formula is C15H32O3.